The van der Waals surface area contributed by atoms with Crippen LogP contribution in [0.4, 0.5) is 0 Å². The third kappa shape index (κ3) is 2.71. The van der Waals surface area contributed by atoms with Crippen LogP contribution in [-0.2, 0) is 6.42 Å². The molecular weight excluding hydrogens is 214 g/mol. The van der Waals surface area contributed by atoms with Gasteiger partial charge in [-0.3, -0.25) is 10.1 Å². The van der Waals surface area contributed by atoms with Gasteiger partial charge < -0.3 is 4.42 Å². The molecule has 0 aliphatic heterocycles. The minimum Gasteiger partial charge on any atom is -0.454 e. The summed E-state index contributed by atoms with van der Waals surface area (Å²) in [5.74, 6) is 0.633. The zero-order chi connectivity index (χ0) is 8.27. The van der Waals surface area contributed by atoms with Gasteiger partial charge in [0.25, 0.3) is 0 Å². The van der Waals surface area contributed by atoms with Gasteiger partial charge in [-0.05, 0) is 28.1 Å². The Labute approximate surface area is 71.5 Å². The highest BCUT2D eigenvalue weighted by Crippen LogP contribution is 2.13. The van der Waals surface area contributed by atoms with E-state index in [9.17, 15) is 10.1 Å². The van der Waals surface area contributed by atoms with Crippen molar-refractivity contribution in [1.82, 2.24) is 0 Å². The third-order valence-electron chi connectivity index (χ3n) is 1.17. The maximum absolute atomic E-state index is 9.93. The predicted octanol–water partition coefficient (Wildman–Crippen LogP) is 1.86. The summed E-state index contributed by atoms with van der Waals surface area (Å²) in [4.78, 5) is 9.57. The average molecular weight is 220 g/mol. The molecule has 0 bridgehead atoms. The standard InChI is InChI=1S/C6H6BrNO3/c7-6-2-1-5(11-6)3-4-8(9)10/h1-2H,3-4H2. The highest BCUT2D eigenvalue weighted by molar-refractivity contribution is 9.10. The molecule has 1 rings (SSSR count). The summed E-state index contributed by atoms with van der Waals surface area (Å²) in [6.07, 6.45) is 0.346. The summed E-state index contributed by atoms with van der Waals surface area (Å²) < 4.78 is 5.65. The normalized spacial score (nSPS) is 9.91. The second-order valence-corrected chi connectivity index (χ2v) is 2.79. The van der Waals surface area contributed by atoms with Crippen molar-refractivity contribution < 1.29 is 9.34 Å². The van der Waals surface area contributed by atoms with Crippen molar-refractivity contribution in [3.8, 4) is 0 Å². The maximum Gasteiger partial charge on any atom is 0.210 e. The van der Waals surface area contributed by atoms with Crippen LogP contribution < -0.4 is 0 Å². The monoisotopic (exact) mass is 219 g/mol. The molecule has 60 valence electrons. The largest absolute Gasteiger partial charge is 0.454 e. The van der Waals surface area contributed by atoms with E-state index in [2.05, 4.69) is 15.9 Å². The van der Waals surface area contributed by atoms with Crippen LogP contribution in [0, 0.1) is 10.1 Å². The fraction of sp³-hybridized carbons (Fsp3) is 0.333. The Hall–Kier alpha value is -0.840. The number of rotatable bonds is 3. The van der Waals surface area contributed by atoms with Crippen LogP contribution in [0.1, 0.15) is 5.76 Å². The van der Waals surface area contributed by atoms with Crippen molar-refractivity contribution in [1.29, 1.82) is 0 Å². The molecule has 1 aromatic heterocycles. The summed E-state index contributed by atoms with van der Waals surface area (Å²) in [6, 6.07) is 3.43. The van der Waals surface area contributed by atoms with Crippen molar-refractivity contribution in [3.05, 3.63) is 32.7 Å². The van der Waals surface area contributed by atoms with Crippen LogP contribution in [0.15, 0.2) is 21.2 Å². The molecule has 0 N–H and O–H groups in total. The molecule has 5 heteroatoms. The van der Waals surface area contributed by atoms with E-state index < -0.39 is 0 Å². The molecule has 0 fully saturated rings. The molecule has 0 atom stereocenters. The number of hydrogen-bond donors (Lipinski definition) is 0. The Morgan fingerprint density at radius 2 is 2.36 bits per heavy atom. The predicted molar refractivity (Wildman–Crippen MR) is 42.0 cm³/mol. The first-order chi connectivity index (χ1) is 5.18. The SMILES string of the molecule is O=[N+]([O-])CCc1ccc(Br)o1. The smallest absolute Gasteiger partial charge is 0.210 e. The number of nitrogens with zero attached hydrogens (tertiary/aromatic N) is 1. The van der Waals surface area contributed by atoms with Crippen LogP contribution in [0.2, 0.25) is 0 Å². The van der Waals surface area contributed by atoms with Crippen molar-refractivity contribution in [2.45, 2.75) is 6.42 Å². The van der Waals surface area contributed by atoms with E-state index in [1.54, 1.807) is 12.1 Å². The van der Waals surface area contributed by atoms with Crippen LogP contribution >= 0.6 is 15.9 Å². The Balaban J connectivity index is 2.45. The summed E-state index contributed by atoms with van der Waals surface area (Å²) in [6.45, 7) is -0.0834. The fourth-order valence-corrected chi connectivity index (χ4v) is 1.03. The molecule has 11 heavy (non-hydrogen) atoms. The molecule has 0 aliphatic carbocycles. The molecule has 1 heterocycles. The topological polar surface area (TPSA) is 56.3 Å². The molecule has 0 saturated heterocycles. The number of nitro groups is 1. The molecule has 0 aliphatic rings. The minimum atomic E-state index is -0.365. The fourth-order valence-electron chi connectivity index (χ4n) is 0.688. The molecular formula is C6H6BrNO3. The van der Waals surface area contributed by atoms with E-state index in [0.29, 0.717) is 16.9 Å². The maximum atomic E-state index is 9.93. The van der Waals surface area contributed by atoms with Gasteiger partial charge in [0.15, 0.2) is 4.67 Å². The van der Waals surface area contributed by atoms with Gasteiger partial charge in [0.2, 0.25) is 6.54 Å². The van der Waals surface area contributed by atoms with Gasteiger partial charge in [0, 0.05) is 4.92 Å². The second-order valence-electron chi connectivity index (χ2n) is 2.01. The van der Waals surface area contributed by atoms with Gasteiger partial charge in [-0.2, -0.15) is 0 Å². The van der Waals surface area contributed by atoms with Gasteiger partial charge in [-0.15, -0.1) is 0 Å². The zero-order valence-electron chi connectivity index (χ0n) is 5.62. The summed E-state index contributed by atoms with van der Waals surface area (Å²) in [5.41, 5.74) is 0. The van der Waals surface area contributed by atoms with E-state index >= 15 is 0 Å². The third-order valence-corrected chi connectivity index (χ3v) is 1.60. The first kappa shape index (κ1) is 8.26. The van der Waals surface area contributed by atoms with Crippen molar-refractivity contribution >= 4 is 15.9 Å². The number of hydrogen-bond acceptors (Lipinski definition) is 3. The van der Waals surface area contributed by atoms with Gasteiger partial charge >= 0.3 is 0 Å². The van der Waals surface area contributed by atoms with E-state index in [4.69, 9.17) is 4.42 Å². The van der Waals surface area contributed by atoms with E-state index in [1.165, 1.54) is 0 Å². The molecule has 0 amide bonds. The Kier molecular flexibility index (Phi) is 2.64. The highest BCUT2D eigenvalue weighted by atomic mass is 79.9. The minimum absolute atomic E-state index is 0.0834. The molecule has 0 unspecified atom stereocenters. The number of furan rings is 1. The van der Waals surface area contributed by atoms with Gasteiger partial charge in [-0.1, -0.05) is 0 Å². The van der Waals surface area contributed by atoms with E-state index in [1.807, 2.05) is 0 Å². The molecule has 1 aromatic rings. The van der Waals surface area contributed by atoms with E-state index in [0.717, 1.165) is 0 Å². The van der Waals surface area contributed by atoms with Crippen LogP contribution in [0.25, 0.3) is 0 Å². The lowest BCUT2D eigenvalue weighted by atomic mass is 10.3. The Morgan fingerprint density at radius 1 is 1.64 bits per heavy atom. The van der Waals surface area contributed by atoms with E-state index in [-0.39, 0.29) is 11.5 Å². The van der Waals surface area contributed by atoms with Crippen LogP contribution in [-0.4, -0.2) is 11.5 Å². The summed E-state index contributed by atoms with van der Waals surface area (Å²) in [5, 5.41) is 9.93. The zero-order valence-corrected chi connectivity index (χ0v) is 7.20. The van der Waals surface area contributed by atoms with Gasteiger partial charge in [-0.25, -0.2) is 0 Å². The molecule has 0 spiro atoms. The van der Waals surface area contributed by atoms with Gasteiger partial charge in [0.1, 0.15) is 5.76 Å². The van der Waals surface area contributed by atoms with Gasteiger partial charge in [0.05, 0.1) is 6.42 Å². The lowest BCUT2D eigenvalue weighted by molar-refractivity contribution is -0.479. The van der Waals surface area contributed by atoms with Crippen molar-refractivity contribution in [2.24, 2.45) is 0 Å². The van der Waals surface area contributed by atoms with Crippen LogP contribution in [0.5, 0.6) is 0 Å². The number of halogens is 1. The average Bonchev–Trinajstić information content (AvgIpc) is 2.31. The first-order valence-electron chi connectivity index (χ1n) is 3.04. The lowest BCUT2D eigenvalue weighted by Crippen LogP contribution is -2.02. The van der Waals surface area contributed by atoms with Crippen LogP contribution in [0.3, 0.4) is 0 Å². The molecule has 4 nitrogen and oxygen atoms in total. The Morgan fingerprint density at radius 3 is 2.82 bits per heavy atom. The molecule has 0 radical (unpaired) electrons. The van der Waals surface area contributed by atoms with Crippen molar-refractivity contribution in [2.75, 3.05) is 6.54 Å². The Bertz CT molecular complexity index is 258. The summed E-state index contributed by atoms with van der Waals surface area (Å²) >= 11 is 3.10. The van der Waals surface area contributed by atoms with Crippen molar-refractivity contribution in [3.63, 3.8) is 0 Å². The molecule has 0 aromatic carbocycles. The summed E-state index contributed by atoms with van der Waals surface area (Å²) in [7, 11) is 0. The molecule has 0 saturated carbocycles. The lowest BCUT2D eigenvalue weighted by Gasteiger charge is -1.89. The first-order valence-corrected chi connectivity index (χ1v) is 3.84. The highest BCUT2D eigenvalue weighted by Gasteiger charge is 2.03. The second kappa shape index (κ2) is 3.52. The quantitative estimate of drug-likeness (QED) is 0.576.